The molecule has 1 aliphatic heterocycles. The van der Waals surface area contributed by atoms with Crippen molar-refractivity contribution in [3.63, 3.8) is 0 Å². The third-order valence-electron chi connectivity index (χ3n) is 4.06. The quantitative estimate of drug-likeness (QED) is 0.649. The average molecular weight is 442 g/mol. The van der Waals surface area contributed by atoms with Crippen LogP contribution in [0.2, 0.25) is 0 Å². The molecule has 2 heterocycles. The van der Waals surface area contributed by atoms with Crippen LogP contribution >= 0.6 is 0 Å². The van der Waals surface area contributed by atoms with Gasteiger partial charge in [0.15, 0.2) is 5.82 Å². The lowest BCUT2D eigenvalue weighted by Crippen LogP contribution is -2.41. The van der Waals surface area contributed by atoms with E-state index in [2.05, 4.69) is 15.2 Å². The SMILES string of the molecule is Cc1cc(NC(=O)[C@H](C)NS(=O)(=O)c2ccc(N3C(=O)CCS3(=O)=O)cc2)no1. The highest BCUT2D eigenvalue weighted by molar-refractivity contribution is 7.94. The van der Waals surface area contributed by atoms with E-state index in [1.807, 2.05) is 0 Å². The fourth-order valence-electron chi connectivity index (χ4n) is 2.64. The average Bonchev–Trinajstić information content (AvgIpc) is 3.16. The van der Waals surface area contributed by atoms with E-state index < -0.39 is 37.9 Å². The van der Waals surface area contributed by atoms with Crippen molar-refractivity contribution in [1.82, 2.24) is 9.88 Å². The first-order chi connectivity index (χ1) is 13.5. The maximum Gasteiger partial charge on any atom is 0.243 e. The van der Waals surface area contributed by atoms with E-state index in [4.69, 9.17) is 4.52 Å². The Balaban J connectivity index is 1.72. The van der Waals surface area contributed by atoms with E-state index in [0.717, 1.165) is 12.1 Å². The molecule has 1 aliphatic rings. The molecule has 1 atom stereocenters. The van der Waals surface area contributed by atoms with Crippen LogP contribution in [0.15, 0.2) is 39.8 Å². The predicted octanol–water partition coefficient (Wildman–Crippen LogP) is 0.355. The Bertz CT molecular complexity index is 1150. The number of rotatable bonds is 6. The predicted molar refractivity (Wildman–Crippen MR) is 102 cm³/mol. The third-order valence-corrected chi connectivity index (χ3v) is 7.31. The summed E-state index contributed by atoms with van der Waals surface area (Å²) >= 11 is 0. The van der Waals surface area contributed by atoms with Crippen LogP contribution in [-0.2, 0) is 29.6 Å². The Hall–Kier alpha value is -2.77. The van der Waals surface area contributed by atoms with Gasteiger partial charge in [-0.3, -0.25) is 9.59 Å². The van der Waals surface area contributed by atoms with Crippen molar-refractivity contribution in [2.24, 2.45) is 0 Å². The van der Waals surface area contributed by atoms with Gasteiger partial charge < -0.3 is 9.84 Å². The lowest BCUT2D eigenvalue weighted by Gasteiger charge is -2.16. The highest BCUT2D eigenvalue weighted by Gasteiger charge is 2.36. The van der Waals surface area contributed by atoms with Crippen molar-refractivity contribution in [3.05, 3.63) is 36.1 Å². The summed E-state index contributed by atoms with van der Waals surface area (Å²) < 4.78 is 56.6. The first kappa shape index (κ1) is 21.0. The van der Waals surface area contributed by atoms with E-state index in [1.54, 1.807) is 6.92 Å². The minimum Gasteiger partial charge on any atom is -0.360 e. The summed E-state index contributed by atoms with van der Waals surface area (Å²) in [5.41, 5.74) is 0.0543. The molecule has 1 fully saturated rings. The number of amides is 2. The molecule has 13 heteroatoms. The summed E-state index contributed by atoms with van der Waals surface area (Å²) in [6.45, 7) is 2.99. The van der Waals surface area contributed by atoms with Crippen LogP contribution < -0.4 is 14.3 Å². The molecule has 0 unspecified atom stereocenters. The zero-order valence-electron chi connectivity index (χ0n) is 15.4. The van der Waals surface area contributed by atoms with Gasteiger partial charge >= 0.3 is 0 Å². The summed E-state index contributed by atoms with van der Waals surface area (Å²) in [6, 6.07) is 5.11. The zero-order valence-corrected chi connectivity index (χ0v) is 17.1. The number of aryl methyl sites for hydroxylation is 1. The molecule has 0 saturated carbocycles. The second kappa shape index (κ2) is 7.57. The molecule has 0 aliphatic carbocycles. The Morgan fingerprint density at radius 1 is 1.28 bits per heavy atom. The Morgan fingerprint density at radius 2 is 1.93 bits per heavy atom. The number of carbonyl (C=O) groups excluding carboxylic acids is 2. The van der Waals surface area contributed by atoms with E-state index in [-0.39, 0.29) is 28.6 Å². The molecule has 1 aromatic heterocycles. The van der Waals surface area contributed by atoms with Gasteiger partial charge in [0, 0.05) is 12.5 Å². The normalized spacial score (nSPS) is 17.3. The summed E-state index contributed by atoms with van der Waals surface area (Å²) in [6.07, 6.45) is -0.123. The van der Waals surface area contributed by atoms with Gasteiger partial charge in [-0.15, -0.1) is 0 Å². The zero-order chi connectivity index (χ0) is 21.4. The van der Waals surface area contributed by atoms with Crippen molar-refractivity contribution in [1.29, 1.82) is 0 Å². The van der Waals surface area contributed by atoms with Gasteiger partial charge in [-0.05, 0) is 38.1 Å². The molecule has 1 aromatic carbocycles. The first-order valence-corrected chi connectivity index (χ1v) is 11.5. The van der Waals surface area contributed by atoms with Gasteiger partial charge in [-0.2, -0.15) is 4.72 Å². The Morgan fingerprint density at radius 3 is 2.45 bits per heavy atom. The maximum atomic E-state index is 12.5. The molecule has 29 heavy (non-hydrogen) atoms. The van der Waals surface area contributed by atoms with Gasteiger partial charge in [-0.1, -0.05) is 5.16 Å². The van der Waals surface area contributed by atoms with Gasteiger partial charge in [-0.25, -0.2) is 21.1 Å². The number of benzene rings is 1. The minimum atomic E-state index is -4.08. The smallest absolute Gasteiger partial charge is 0.243 e. The lowest BCUT2D eigenvalue weighted by molar-refractivity contribution is -0.117. The number of hydrogen-bond donors (Lipinski definition) is 2. The van der Waals surface area contributed by atoms with Crippen molar-refractivity contribution < 1.29 is 30.9 Å². The molecular weight excluding hydrogens is 424 g/mol. The van der Waals surface area contributed by atoms with Gasteiger partial charge in [0.1, 0.15) is 5.76 Å². The molecule has 0 radical (unpaired) electrons. The van der Waals surface area contributed by atoms with Crippen molar-refractivity contribution in [2.45, 2.75) is 31.2 Å². The number of carbonyl (C=O) groups is 2. The van der Waals surface area contributed by atoms with Crippen molar-refractivity contribution >= 4 is 43.4 Å². The largest absolute Gasteiger partial charge is 0.360 e. The van der Waals surface area contributed by atoms with Gasteiger partial charge in [0.2, 0.25) is 31.9 Å². The third kappa shape index (κ3) is 4.46. The van der Waals surface area contributed by atoms with Crippen LogP contribution in [0.4, 0.5) is 11.5 Å². The molecular formula is C16H18N4O7S2. The number of hydrogen-bond acceptors (Lipinski definition) is 8. The second-order valence-corrected chi connectivity index (χ2v) is 10.0. The number of nitrogens with one attached hydrogen (secondary N) is 2. The number of anilines is 2. The van der Waals surface area contributed by atoms with E-state index >= 15 is 0 Å². The van der Waals surface area contributed by atoms with Crippen LogP contribution in [0.25, 0.3) is 0 Å². The number of sulfonamides is 2. The molecule has 2 aromatic rings. The lowest BCUT2D eigenvalue weighted by atomic mass is 10.3. The standard InChI is InChI=1S/C16H18N4O7S2/c1-10-9-14(18-27-10)17-16(22)11(2)19-29(25,26)13-5-3-12(4-6-13)20-15(21)7-8-28(20,23)24/h3-6,9,11,19H,7-8H2,1-2H3,(H,17,18,22)/t11-/m0/s1. The molecule has 3 rings (SSSR count). The van der Waals surface area contributed by atoms with Gasteiger partial charge in [0.05, 0.1) is 22.4 Å². The number of nitrogens with zero attached hydrogens (tertiary/aromatic N) is 2. The fourth-order valence-corrected chi connectivity index (χ4v) is 5.31. The molecule has 0 bridgehead atoms. The molecule has 2 amide bonds. The molecule has 0 spiro atoms. The first-order valence-electron chi connectivity index (χ1n) is 8.42. The molecule has 156 valence electrons. The van der Waals surface area contributed by atoms with E-state index in [1.165, 1.54) is 25.1 Å². The molecule has 11 nitrogen and oxygen atoms in total. The highest BCUT2D eigenvalue weighted by atomic mass is 32.2. The van der Waals surface area contributed by atoms with Crippen molar-refractivity contribution in [3.8, 4) is 0 Å². The Kier molecular flexibility index (Phi) is 5.47. The van der Waals surface area contributed by atoms with Crippen LogP contribution in [-0.4, -0.2) is 45.6 Å². The monoisotopic (exact) mass is 442 g/mol. The molecule has 2 N–H and O–H groups in total. The topological polar surface area (TPSA) is 156 Å². The summed E-state index contributed by atoms with van der Waals surface area (Å²) in [7, 11) is -7.83. The van der Waals surface area contributed by atoms with Gasteiger partial charge in [0.25, 0.3) is 0 Å². The summed E-state index contributed by atoms with van der Waals surface area (Å²) in [4.78, 5) is 23.7. The van der Waals surface area contributed by atoms with Crippen molar-refractivity contribution in [2.75, 3.05) is 15.4 Å². The summed E-state index contributed by atoms with van der Waals surface area (Å²) in [5, 5.41) is 6.01. The minimum absolute atomic E-state index is 0.0543. The van der Waals surface area contributed by atoms with Crippen LogP contribution in [0, 0.1) is 6.92 Å². The highest BCUT2D eigenvalue weighted by Crippen LogP contribution is 2.26. The van der Waals surface area contributed by atoms with Crippen LogP contribution in [0.1, 0.15) is 19.1 Å². The maximum absolute atomic E-state index is 12.5. The van der Waals surface area contributed by atoms with Crippen LogP contribution in [0.3, 0.4) is 0 Å². The van der Waals surface area contributed by atoms with E-state index in [9.17, 15) is 26.4 Å². The van der Waals surface area contributed by atoms with Crippen LogP contribution in [0.5, 0.6) is 0 Å². The number of aromatic nitrogens is 1. The molecule has 1 saturated heterocycles. The fraction of sp³-hybridized carbons (Fsp3) is 0.312. The van der Waals surface area contributed by atoms with E-state index in [0.29, 0.717) is 10.1 Å². The second-order valence-electron chi connectivity index (χ2n) is 6.37. The summed E-state index contributed by atoms with van der Waals surface area (Å²) in [5.74, 6) is -0.878. The Labute approximate surface area is 167 Å².